The van der Waals surface area contributed by atoms with Crippen molar-refractivity contribution >= 4 is 16.8 Å². The van der Waals surface area contributed by atoms with Crippen LogP contribution in [-0.4, -0.2) is 22.6 Å². The molecule has 2 N–H and O–H groups in total. The third-order valence-corrected chi connectivity index (χ3v) is 4.41. The molecule has 6 nitrogen and oxygen atoms in total. The van der Waals surface area contributed by atoms with Crippen molar-refractivity contribution < 1.29 is 22.8 Å². The van der Waals surface area contributed by atoms with Gasteiger partial charge in [-0.25, -0.2) is 8.78 Å². The molecule has 148 valence electrons. The molecule has 0 atom stereocenters. The molecule has 0 aliphatic carbocycles. The Morgan fingerprint density at radius 2 is 2.03 bits per heavy atom. The lowest BCUT2D eigenvalue weighted by molar-refractivity contribution is 0.0944. The maximum atomic E-state index is 13.6. The van der Waals surface area contributed by atoms with Gasteiger partial charge < -0.3 is 19.6 Å². The lowest BCUT2D eigenvalue weighted by Gasteiger charge is -2.04. The van der Waals surface area contributed by atoms with Crippen LogP contribution >= 0.6 is 0 Å². The normalized spacial score (nSPS) is 11.0. The summed E-state index contributed by atoms with van der Waals surface area (Å²) in [6.45, 7) is 0.290. The predicted octanol–water partition coefficient (Wildman–Crippen LogP) is 3.99. The van der Waals surface area contributed by atoms with Gasteiger partial charge in [-0.15, -0.1) is 0 Å². The molecular weight excluding hydrogens is 380 g/mol. The zero-order valence-corrected chi connectivity index (χ0v) is 15.2. The van der Waals surface area contributed by atoms with Crippen LogP contribution < -0.4 is 10.1 Å². The second-order valence-electron chi connectivity index (χ2n) is 6.41. The highest BCUT2D eigenvalue weighted by atomic mass is 19.1. The smallest absolute Gasteiger partial charge is 0.273 e. The van der Waals surface area contributed by atoms with E-state index in [9.17, 15) is 13.6 Å². The average molecular weight is 397 g/mol. The Morgan fingerprint density at radius 1 is 1.17 bits per heavy atom. The van der Waals surface area contributed by atoms with Crippen molar-refractivity contribution in [1.29, 1.82) is 0 Å². The van der Waals surface area contributed by atoms with Gasteiger partial charge in [-0.1, -0.05) is 23.4 Å². The molecule has 0 bridgehead atoms. The summed E-state index contributed by atoms with van der Waals surface area (Å²) in [5.74, 6) is -1.77. The molecule has 8 heteroatoms. The number of halogens is 2. The molecule has 0 aliphatic rings. The van der Waals surface area contributed by atoms with Crippen LogP contribution in [0.5, 0.6) is 5.75 Å². The van der Waals surface area contributed by atoms with Gasteiger partial charge in [-0.3, -0.25) is 4.79 Å². The first-order valence-electron chi connectivity index (χ1n) is 8.97. The fraction of sp³-hybridized carbons (Fsp3) is 0.143. The van der Waals surface area contributed by atoms with Gasteiger partial charge in [-0.2, -0.15) is 0 Å². The van der Waals surface area contributed by atoms with E-state index in [-0.39, 0.29) is 29.7 Å². The van der Waals surface area contributed by atoms with Crippen molar-refractivity contribution in [3.05, 3.63) is 83.4 Å². The first-order valence-corrected chi connectivity index (χ1v) is 8.97. The van der Waals surface area contributed by atoms with Crippen molar-refractivity contribution in [1.82, 2.24) is 15.5 Å². The minimum absolute atomic E-state index is 0.0992. The average Bonchev–Trinajstić information content (AvgIpc) is 3.35. The maximum Gasteiger partial charge on any atom is 0.273 e. The molecular formula is C21H17F2N3O3. The summed E-state index contributed by atoms with van der Waals surface area (Å²) in [7, 11) is 0. The molecule has 0 fully saturated rings. The summed E-state index contributed by atoms with van der Waals surface area (Å²) in [5, 5.41) is 7.61. The summed E-state index contributed by atoms with van der Waals surface area (Å²) >= 11 is 0. The first kappa shape index (κ1) is 18.7. The van der Waals surface area contributed by atoms with Crippen LogP contribution in [0.25, 0.3) is 10.9 Å². The molecule has 0 aliphatic heterocycles. The fourth-order valence-electron chi connectivity index (χ4n) is 2.97. The number of nitrogens with one attached hydrogen (secondary N) is 2. The number of carbonyl (C=O) groups is 1. The number of ether oxygens (including phenoxy) is 1. The Hall–Kier alpha value is -3.68. The number of amides is 1. The first-order chi connectivity index (χ1) is 14.1. The number of para-hydroxylation sites is 1. The van der Waals surface area contributed by atoms with Crippen LogP contribution in [0, 0.1) is 11.6 Å². The molecule has 2 aromatic carbocycles. The molecule has 2 aromatic heterocycles. The number of H-pyrrole nitrogens is 1. The molecule has 29 heavy (non-hydrogen) atoms. The number of rotatable bonds is 7. The van der Waals surface area contributed by atoms with E-state index in [1.54, 1.807) is 0 Å². The van der Waals surface area contributed by atoms with E-state index in [1.807, 2.05) is 30.5 Å². The number of aromatic nitrogens is 2. The van der Waals surface area contributed by atoms with Crippen LogP contribution in [0.2, 0.25) is 0 Å². The highest BCUT2D eigenvalue weighted by Crippen LogP contribution is 2.20. The van der Waals surface area contributed by atoms with Crippen molar-refractivity contribution in [2.45, 2.75) is 13.0 Å². The number of hydrogen-bond acceptors (Lipinski definition) is 4. The van der Waals surface area contributed by atoms with Gasteiger partial charge >= 0.3 is 0 Å². The molecule has 1 amide bonds. The zero-order valence-electron chi connectivity index (χ0n) is 15.2. The monoisotopic (exact) mass is 397 g/mol. The Labute approximate surface area is 164 Å². The van der Waals surface area contributed by atoms with Crippen molar-refractivity contribution in [2.24, 2.45) is 0 Å². The second kappa shape index (κ2) is 8.14. The summed E-state index contributed by atoms with van der Waals surface area (Å²) in [6, 6.07) is 12.4. The Kier molecular flexibility index (Phi) is 5.24. The van der Waals surface area contributed by atoms with E-state index < -0.39 is 11.6 Å². The fourth-order valence-corrected chi connectivity index (χ4v) is 2.97. The lowest BCUT2D eigenvalue weighted by atomic mass is 10.1. The van der Waals surface area contributed by atoms with Gasteiger partial charge in [-0.05, 0) is 30.2 Å². The number of nitrogens with zero attached hydrogens (tertiary/aromatic N) is 1. The van der Waals surface area contributed by atoms with Gasteiger partial charge in [0.15, 0.2) is 23.0 Å². The maximum absolute atomic E-state index is 13.6. The van der Waals surface area contributed by atoms with E-state index in [4.69, 9.17) is 9.26 Å². The van der Waals surface area contributed by atoms with E-state index >= 15 is 0 Å². The molecule has 0 unspecified atom stereocenters. The van der Waals surface area contributed by atoms with E-state index in [1.165, 1.54) is 12.1 Å². The van der Waals surface area contributed by atoms with Crippen LogP contribution in [0.1, 0.15) is 21.8 Å². The van der Waals surface area contributed by atoms with Gasteiger partial charge in [0.05, 0.1) is 0 Å². The summed E-state index contributed by atoms with van der Waals surface area (Å²) < 4.78 is 36.7. The summed E-state index contributed by atoms with van der Waals surface area (Å²) in [5.41, 5.74) is 2.26. The van der Waals surface area contributed by atoms with E-state index in [0.717, 1.165) is 28.6 Å². The van der Waals surface area contributed by atoms with Gasteiger partial charge in [0.2, 0.25) is 0 Å². The third kappa shape index (κ3) is 4.26. The van der Waals surface area contributed by atoms with E-state index in [2.05, 4.69) is 15.5 Å². The Morgan fingerprint density at radius 3 is 2.90 bits per heavy atom. The van der Waals surface area contributed by atoms with Crippen LogP contribution in [0.15, 0.2) is 59.3 Å². The number of benzene rings is 2. The predicted molar refractivity (Wildman–Crippen MR) is 102 cm³/mol. The molecule has 4 aromatic rings. The van der Waals surface area contributed by atoms with Crippen LogP contribution in [0.3, 0.4) is 0 Å². The quantitative estimate of drug-likeness (QED) is 0.494. The summed E-state index contributed by atoms with van der Waals surface area (Å²) in [4.78, 5) is 15.4. The van der Waals surface area contributed by atoms with Gasteiger partial charge in [0.1, 0.15) is 12.4 Å². The standard InChI is InChI=1S/C21H17F2N3O3/c22-14-5-6-20(17(23)9-14)28-12-15-10-19(26-29-15)21(27)24-8-7-13-11-25-18-4-2-1-3-16(13)18/h1-6,9-11,25H,7-8,12H2,(H,24,27). The van der Waals surface area contributed by atoms with Crippen LogP contribution in [0.4, 0.5) is 8.78 Å². The second-order valence-corrected chi connectivity index (χ2v) is 6.41. The van der Waals surface area contributed by atoms with Crippen molar-refractivity contribution in [2.75, 3.05) is 6.54 Å². The molecule has 0 saturated heterocycles. The molecule has 2 heterocycles. The SMILES string of the molecule is O=C(NCCc1c[nH]c2ccccc12)c1cc(COc2ccc(F)cc2F)on1. The minimum Gasteiger partial charge on any atom is -0.482 e. The topological polar surface area (TPSA) is 80.2 Å². The highest BCUT2D eigenvalue weighted by Gasteiger charge is 2.14. The number of hydrogen-bond donors (Lipinski definition) is 2. The molecule has 4 rings (SSSR count). The minimum atomic E-state index is -0.820. The Bertz CT molecular complexity index is 1150. The lowest BCUT2D eigenvalue weighted by Crippen LogP contribution is -2.25. The molecule has 0 radical (unpaired) electrons. The van der Waals surface area contributed by atoms with Gasteiger partial charge in [0.25, 0.3) is 5.91 Å². The number of aromatic amines is 1. The zero-order chi connectivity index (χ0) is 20.2. The third-order valence-electron chi connectivity index (χ3n) is 4.41. The molecule has 0 spiro atoms. The summed E-state index contributed by atoms with van der Waals surface area (Å²) in [6.07, 6.45) is 2.59. The number of fused-ring (bicyclic) bond motifs is 1. The molecule has 0 saturated carbocycles. The number of carbonyl (C=O) groups excluding carboxylic acids is 1. The van der Waals surface area contributed by atoms with Crippen molar-refractivity contribution in [3.8, 4) is 5.75 Å². The highest BCUT2D eigenvalue weighted by molar-refractivity contribution is 5.92. The van der Waals surface area contributed by atoms with E-state index in [0.29, 0.717) is 13.0 Å². The van der Waals surface area contributed by atoms with Crippen molar-refractivity contribution in [3.63, 3.8) is 0 Å². The Balaban J connectivity index is 1.30. The van der Waals surface area contributed by atoms with Gasteiger partial charge in [0, 0.05) is 35.8 Å². The van der Waals surface area contributed by atoms with Crippen LogP contribution in [-0.2, 0) is 13.0 Å². The largest absolute Gasteiger partial charge is 0.482 e.